The highest BCUT2D eigenvalue weighted by Crippen LogP contribution is 2.43. The van der Waals surface area contributed by atoms with Crippen molar-refractivity contribution < 1.29 is 14.6 Å². The molecular weight excluding hydrogens is 352 g/mol. The predicted molar refractivity (Wildman–Crippen MR) is 111 cm³/mol. The lowest BCUT2D eigenvalue weighted by molar-refractivity contribution is -0.139. The van der Waals surface area contributed by atoms with Crippen molar-refractivity contribution >= 4 is 17.2 Å². The number of para-hydroxylation sites is 1. The highest BCUT2D eigenvalue weighted by molar-refractivity contribution is 5.85. The van der Waals surface area contributed by atoms with Crippen molar-refractivity contribution in [2.24, 2.45) is 0 Å². The minimum absolute atomic E-state index is 0.0925. The molecule has 0 saturated carbocycles. The molecule has 0 bridgehead atoms. The number of rotatable bonds is 4. The summed E-state index contributed by atoms with van der Waals surface area (Å²) in [4.78, 5) is 15.1. The fourth-order valence-corrected chi connectivity index (χ4v) is 4.07. The number of likely N-dealkylation sites (tertiary alicyclic amines) is 1. The molecule has 1 fully saturated rings. The first kappa shape index (κ1) is 18.6. The molecule has 1 saturated heterocycles. The van der Waals surface area contributed by atoms with Gasteiger partial charge in [0.25, 0.3) is 0 Å². The Bertz CT molecular complexity index is 894. The molecule has 2 heterocycles. The van der Waals surface area contributed by atoms with Gasteiger partial charge >= 0.3 is 5.97 Å². The predicted octanol–water partition coefficient (Wildman–Crippen LogP) is 3.50. The summed E-state index contributed by atoms with van der Waals surface area (Å²) in [5.41, 5.74) is 4.27. The summed E-state index contributed by atoms with van der Waals surface area (Å²) in [6.45, 7) is 1.53. The van der Waals surface area contributed by atoms with Gasteiger partial charge in [0, 0.05) is 51.3 Å². The van der Waals surface area contributed by atoms with Crippen LogP contribution < -0.4 is 9.64 Å². The summed E-state index contributed by atoms with van der Waals surface area (Å²) in [5.74, 6) is 0.131. The van der Waals surface area contributed by atoms with E-state index in [-0.39, 0.29) is 12.1 Å². The van der Waals surface area contributed by atoms with Gasteiger partial charge in [-0.3, -0.25) is 9.69 Å². The SMILES string of the molecule is CN(C)c1ccc(C2=CC3(CCN(CC(=O)O)CC3)Oc3ccccc32)cc1. The molecule has 0 amide bonds. The van der Waals surface area contributed by atoms with Gasteiger partial charge in [-0.15, -0.1) is 0 Å². The molecule has 2 aromatic carbocycles. The third kappa shape index (κ3) is 3.62. The van der Waals surface area contributed by atoms with E-state index < -0.39 is 5.97 Å². The van der Waals surface area contributed by atoms with Crippen LogP contribution in [0.3, 0.4) is 0 Å². The van der Waals surface area contributed by atoms with E-state index in [9.17, 15) is 4.79 Å². The van der Waals surface area contributed by atoms with Gasteiger partial charge in [0.15, 0.2) is 0 Å². The van der Waals surface area contributed by atoms with E-state index >= 15 is 0 Å². The summed E-state index contributed by atoms with van der Waals surface area (Å²) in [6.07, 6.45) is 3.83. The summed E-state index contributed by atoms with van der Waals surface area (Å²) >= 11 is 0. The molecule has 28 heavy (non-hydrogen) atoms. The summed E-state index contributed by atoms with van der Waals surface area (Å²) in [5, 5.41) is 9.06. The Morgan fingerprint density at radius 1 is 1.11 bits per heavy atom. The maximum absolute atomic E-state index is 11.0. The topological polar surface area (TPSA) is 53.0 Å². The monoisotopic (exact) mass is 378 g/mol. The Morgan fingerprint density at radius 2 is 1.79 bits per heavy atom. The Hall–Kier alpha value is -2.79. The van der Waals surface area contributed by atoms with Gasteiger partial charge < -0.3 is 14.7 Å². The largest absolute Gasteiger partial charge is 0.482 e. The van der Waals surface area contributed by atoms with Crippen LogP contribution in [0.5, 0.6) is 5.75 Å². The van der Waals surface area contributed by atoms with Gasteiger partial charge in [0.1, 0.15) is 11.4 Å². The van der Waals surface area contributed by atoms with Crippen molar-refractivity contribution in [1.82, 2.24) is 4.90 Å². The molecule has 0 atom stereocenters. The Kier molecular flexibility index (Phi) is 4.85. The van der Waals surface area contributed by atoms with Crippen molar-refractivity contribution in [3.05, 3.63) is 65.7 Å². The van der Waals surface area contributed by atoms with Gasteiger partial charge in [-0.1, -0.05) is 30.3 Å². The third-order valence-corrected chi connectivity index (χ3v) is 5.65. The number of carboxylic acids is 1. The number of hydrogen-bond donors (Lipinski definition) is 1. The minimum Gasteiger partial charge on any atom is -0.482 e. The number of hydrogen-bond acceptors (Lipinski definition) is 4. The molecule has 4 rings (SSSR count). The summed E-state index contributed by atoms with van der Waals surface area (Å²) in [7, 11) is 4.08. The first-order valence-electron chi connectivity index (χ1n) is 9.69. The van der Waals surface area contributed by atoms with Crippen LogP contribution in [0.1, 0.15) is 24.0 Å². The molecular formula is C23H26N2O3. The van der Waals surface area contributed by atoms with Crippen molar-refractivity contribution in [2.45, 2.75) is 18.4 Å². The van der Waals surface area contributed by atoms with E-state index in [2.05, 4.69) is 41.3 Å². The molecule has 2 aromatic rings. The van der Waals surface area contributed by atoms with Crippen molar-refractivity contribution in [3.8, 4) is 5.75 Å². The number of fused-ring (bicyclic) bond motifs is 1. The molecule has 2 aliphatic heterocycles. The quantitative estimate of drug-likeness (QED) is 0.883. The lowest BCUT2D eigenvalue weighted by Crippen LogP contribution is -2.49. The van der Waals surface area contributed by atoms with Gasteiger partial charge in [-0.25, -0.2) is 0 Å². The number of aliphatic carboxylic acids is 1. The zero-order valence-electron chi connectivity index (χ0n) is 16.4. The lowest BCUT2D eigenvalue weighted by Gasteiger charge is -2.42. The molecule has 2 aliphatic rings. The third-order valence-electron chi connectivity index (χ3n) is 5.65. The van der Waals surface area contributed by atoms with Gasteiger partial charge in [0.05, 0.1) is 6.54 Å². The summed E-state index contributed by atoms with van der Waals surface area (Å²) < 4.78 is 6.47. The smallest absolute Gasteiger partial charge is 0.317 e. The standard InChI is InChI=1S/C23H26N2O3/c1-24(2)18-9-7-17(8-10-18)20-15-23(28-21-6-4-3-5-19(20)21)11-13-25(14-12-23)16-22(26)27/h3-10,15H,11-14,16H2,1-2H3,(H,26,27). The zero-order chi connectivity index (χ0) is 19.7. The van der Waals surface area contributed by atoms with E-state index in [0.717, 1.165) is 37.2 Å². The second-order valence-electron chi connectivity index (χ2n) is 7.83. The number of carboxylic acid groups (broad SMARTS) is 1. The number of piperidine rings is 1. The molecule has 5 heteroatoms. The average molecular weight is 378 g/mol. The Labute approximate surface area is 165 Å². The van der Waals surface area contributed by atoms with Gasteiger partial charge in [-0.2, -0.15) is 0 Å². The number of anilines is 1. The first-order valence-corrected chi connectivity index (χ1v) is 9.69. The van der Waals surface area contributed by atoms with Crippen LogP contribution >= 0.6 is 0 Å². The molecule has 0 radical (unpaired) electrons. The molecule has 0 unspecified atom stereocenters. The molecule has 0 aliphatic carbocycles. The van der Waals surface area contributed by atoms with Crippen LogP contribution in [-0.4, -0.2) is 55.3 Å². The second kappa shape index (κ2) is 7.32. The zero-order valence-corrected chi connectivity index (χ0v) is 16.4. The second-order valence-corrected chi connectivity index (χ2v) is 7.83. The fraction of sp³-hybridized carbons (Fsp3) is 0.348. The molecule has 1 spiro atoms. The van der Waals surface area contributed by atoms with Crippen LogP contribution in [0.2, 0.25) is 0 Å². The number of nitrogens with zero attached hydrogens (tertiary/aromatic N) is 2. The van der Waals surface area contributed by atoms with Crippen molar-refractivity contribution in [1.29, 1.82) is 0 Å². The van der Waals surface area contributed by atoms with Crippen LogP contribution in [0, 0.1) is 0 Å². The van der Waals surface area contributed by atoms with Crippen LogP contribution in [0.15, 0.2) is 54.6 Å². The first-order chi connectivity index (χ1) is 13.5. The van der Waals surface area contributed by atoms with Crippen LogP contribution in [0.25, 0.3) is 5.57 Å². The molecule has 146 valence electrons. The van der Waals surface area contributed by atoms with E-state index in [1.807, 2.05) is 37.2 Å². The maximum Gasteiger partial charge on any atom is 0.317 e. The molecule has 1 N–H and O–H groups in total. The normalized spacial score (nSPS) is 18.1. The number of carbonyl (C=O) groups is 1. The molecule has 5 nitrogen and oxygen atoms in total. The van der Waals surface area contributed by atoms with Gasteiger partial charge in [-0.05, 0) is 35.4 Å². The fourth-order valence-electron chi connectivity index (χ4n) is 4.07. The van der Waals surface area contributed by atoms with Crippen molar-refractivity contribution in [2.75, 3.05) is 38.6 Å². The van der Waals surface area contributed by atoms with E-state index in [4.69, 9.17) is 9.84 Å². The Balaban J connectivity index is 1.67. The highest BCUT2D eigenvalue weighted by atomic mass is 16.5. The van der Waals surface area contributed by atoms with E-state index in [1.165, 1.54) is 16.8 Å². The minimum atomic E-state index is -0.775. The van der Waals surface area contributed by atoms with Crippen LogP contribution in [0.4, 0.5) is 5.69 Å². The number of ether oxygens (including phenoxy) is 1. The van der Waals surface area contributed by atoms with Gasteiger partial charge in [0.2, 0.25) is 0 Å². The highest BCUT2D eigenvalue weighted by Gasteiger charge is 2.39. The van der Waals surface area contributed by atoms with E-state index in [1.54, 1.807) is 0 Å². The average Bonchev–Trinajstić information content (AvgIpc) is 2.69. The summed E-state index contributed by atoms with van der Waals surface area (Å²) in [6, 6.07) is 16.8. The maximum atomic E-state index is 11.0. The number of benzene rings is 2. The lowest BCUT2D eigenvalue weighted by atomic mass is 9.83. The van der Waals surface area contributed by atoms with Crippen LogP contribution in [-0.2, 0) is 4.79 Å². The Morgan fingerprint density at radius 3 is 2.43 bits per heavy atom. The van der Waals surface area contributed by atoms with Crippen molar-refractivity contribution in [3.63, 3.8) is 0 Å². The molecule has 0 aromatic heterocycles. The van der Waals surface area contributed by atoms with E-state index in [0.29, 0.717) is 0 Å².